The van der Waals surface area contributed by atoms with Crippen LogP contribution in [0.5, 0.6) is 0 Å². The highest BCUT2D eigenvalue weighted by atomic mass is 32.2. The van der Waals surface area contributed by atoms with E-state index in [2.05, 4.69) is 15.0 Å². The Hall–Kier alpha value is -1.89. The van der Waals surface area contributed by atoms with Crippen molar-refractivity contribution in [3.8, 4) is 0 Å². The first-order chi connectivity index (χ1) is 8.63. The van der Waals surface area contributed by atoms with Crippen LogP contribution in [0.2, 0.25) is 0 Å². The lowest BCUT2D eigenvalue weighted by molar-refractivity contribution is 0.626. The summed E-state index contributed by atoms with van der Waals surface area (Å²) in [4.78, 5) is 11.6. The average Bonchev–Trinajstić information content (AvgIpc) is 2.27. The minimum Gasteiger partial charge on any atom is -0.368 e. The minimum atomic E-state index is -0.234. The van der Waals surface area contributed by atoms with Gasteiger partial charge in [-0.25, -0.2) is 4.39 Å². The van der Waals surface area contributed by atoms with Gasteiger partial charge < -0.3 is 11.5 Å². The zero-order chi connectivity index (χ0) is 13.0. The summed E-state index contributed by atoms with van der Waals surface area (Å²) in [5.41, 5.74) is 11.8. The molecule has 4 N–H and O–H groups in total. The van der Waals surface area contributed by atoms with Crippen molar-refractivity contribution < 1.29 is 4.39 Å². The highest BCUT2D eigenvalue weighted by Crippen LogP contribution is 2.17. The maximum absolute atomic E-state index is 12.9. The highest BCUT2D eigenvalue weighted by Gasteiger charge is 2.02. The van der Waals surface area contributed by atoms with E-state index in [4.69, 9.17) is 11.5 Å². The minimum absolute atomic E-state index is 0.115. The molecule has 0 saturated carbocycles. The molecular weight excluding hydrogens is 253 g/mol. The summed E-state index contributed by atoms with van der Waals surface area (Å²) in [6, 6.07) is 6.47. The molecule has 2 rings (SSSR count). The Morgan fingerprint density at radius 3 is 2.44 bits per heavy atom. The molecule has 0 unspecified atom stereocenters. The topological polar surface area (TPSA) is 90.7 Å². The van der Waals surface area contributed by atoms with Gasteiger partial charge in [-0.3, -0.25) is 0 Å². The Labute approximate surface area is 108 Å². The number of thioether (sulfide) groups is 1. The van der Waals surface area contributed by atoms with Crippen molar-refractivity contribution in [2.75, 3.05) is 11.5 Å². The van der Waals surface area contributed by atoms with Crippen LogP contribution in [0.1, 0.15) is 11.4 Å². The molecule has 0 aliphatic carbocycles. The summed E-state index contributed by atoms with van der Waals surface area (Å²) in [6.45, 7) is 0. The van der Waals surface area contributed by atoms with Gasteiger partial charge in [-0.15, -0.1) is 11.8 Å². The van der Waals surface area contributed by atoms with Gasteiger partial charge in [0.25, 0.3) is 0 Å². The molecule has 1 heterocycles. The van der Waals surface area contributed by atoms with E-state index in [0.717, 1.165) is 5.56 Å². The molecule has 5 nitrogen and oxygen atoms in total. The standard InChI is InChI=1S/C11H12FN5S/c12-8-3-1-2-7(4-8)5-18-6-9-15-10(13)17-11(14)16-9/h1-4H,5-6H2,(H4,13,14,15,16,17). The Balaban J connectivity index is 1.92. The maximum atomic E-state index is 12.9. The second-order valence-corrected chi connectivity index (χ2v) is 4.58. The van der Waals surface area contributed by atoms with Crippen LogP contribution in [0, 0.1) is 5.82 Å². The zero-order valence-electron chi connectivity index (χ0n) is 9.51. The molecular formula is C11H12FN5S. The largest absolute Gasteiger partial charge is 0.368 e. The van der Waals surface area contributed by atoms with Crippen LogP contribution >= 0.6 is 11.8 Å². The predicted molar refractivity (Wildman–Crippen MR) is 70.1 cm³/mol. The van der Waals surface area contributed by atoms with E-state index in [1.54, 1.807) is 17.8 Å². The third kappa shape index (κ3) is 3.56. The number of halogens is 1. The van der Waals surface area contributed by atoms with Crippen molar-refractivity contribution in [2.45, 2.75) is 11.5 Å². The summed E-state index contributed by atoms with van der Waals surface area (Å²) in [5, 5.41) is 0. The molecule has 7 heteroatoms. The molecule has 0 fully saturated rings. The molecule has 1 aromatic heterocycles. The molecule has 0 aliphatic heterocycles. The first-order valence-electron chi connectivity index (χ1n) is 5.21. The second kappa shape index (κ2) is 5.63. The Morgan fingerprint density at radius 2 is 1.78 bits per heavy atom. The van der Waals surface area contributed by atoms with Crippen molar-refractivity contribution in [3.05, 3.63) is 41.5 Å². The van der Waals surface area contributed by atoms with Crippen LogP contribution in [0.4, 0.5) is 16.3 Å². The maximum Gasteiger partial charge on any atom is 0.225 e. The van der Waals surface area contributed by atoms with Crippen LogP contribution in [-0.4, -0.2) is 15.0 Å². The lowest BCUT2D eigenvalue weighted by atomic mass is 10.2. The third-order valence-electron chi connectivity index (χ3n) is 2.11. The number of hydrogen-bond donors (Lipinski definition) is 2. The average molecular weight is 265 g/mol. The molecule has 0 amide bonds. The quantitative estimate of drug-likeness (QED) is 0.872. The Morgan fingerprint density at radius 1 is 1.06 bits per heavy atom. The summed E-state index contributed by atoms with van der Waals surface area (Å²) in [6.07, 6.45) is 0. The van der Waals surface area contributed by atoms with Crippen LogP contribution in [0.3, 0.4) is 0 Å². The van der Waals surface area contributed by atoms with E-state index in [1.807, 2.05) is 6.07 Å². The fourth-order valence-electron chi connectivity index (χ4n) is 1.41. The van der Waals surface area contributed by atoms with E-state index < -0.39 is 0 Å². The Kier molecular flexibility index (Phi) is 3.93. The number of nitrogen functional groups attached to an aromatic ring is 2. The van der Waals surface area contributed by atoms with E-state index in [1.165, 1.54) is 12.1 Å². The van der Waals surface area contributed by atoms with Crippen molar-refractivity contribution in [2.24, 2.45) is 0 Å². The molecule has 2 aromatic rings. The molecule has 0 saturated heterocycles. The van der Waals surface area contributed by atoms with Crippen molar-refractivity contribution >= 4 is 23.7 Å². The van der Waals surface area contributed by atoms with E-state index >= 15 is 0 Å². The second-order valence-electron chi connectivity index (χ2n) is 3.59. The SMILES string of the molecule is Nc1nc(N)nc(CSCc2cccc(F)c2)n1. The number of hydrogen-bond acceptors (Lipinski definition) is 6. The van der Waals surface area contributed by atoms with E-state index in [-0.39, 0.29) is 17.7 Å². The van der Waals surface area contributed by atoms with Crippen LogP contribution in [0.15, 0.2) is 24.3 Å². The number of benzene rings is 1. The fraction of sp³-hybridized carbons (Fsp3) is 0.182. The van der Waals surface area contributed by atoms with Gasteiger partial charge in [0.2, 0.25) is 11.9 Å². The predicted octanol–water partition coefficient (Wildman–Crippen LogP) is 1.61. The van der Waals surface area contributed by atoms with Gasteiger partial charge in [0, 0.05) is 5.75 Å². The molecule has 94 valence electrons. The molecule has 1 aromatic carbocycles. The fourth-order valence-corrected chi connectivity index (χ4v) is 2.24. The van der Waals surface area contributed by atoms with Gasteiger partial charge in [0.1, 0.15) is 11.6 Å². The summed E-state index contributed by atoms with van der Waals surface area (Å²) >= 11 is 1.55. The number of anilines is 2. The molecule has 0 atom stereocenters. The lowest BCUT2D eigenvalue weighted by Gasteiger charge is -2.03. The van der Waals surface area contributed by atoms with Crippen molar-refractivity contribution in [3.63, 3.8) is 0 Å². The smallest absolute Gasteiger partial charge is 0.225 e. The number of aromatic nitrogens is 3. The lowest BCUT2D eigenvalue weighted by Crippen LogP contribution is -2.06. The number of nitrogens with two attached hydrogens (primary N) is 2. The highest BCUT2D eigenvalue weighted by molar-refractivity contribution is 7.97. The molecule has 0 spiro atoms. The van der Waals surface area contributed by atoms with Gasteiger partial charge in [-0.05, 0) is 17.7 Å². The monoisotopic (exact) mass is 265 g/mol. The molecule has 0 radical (unpaired) electrons. The van der Waals surface area contributed by atoms with E-state index in [9.17, 15) is 4.39 Å². The summed E-state index contributed by atoms with van der Waals surface area (Å²) in [7, 11) is 0. The van der Waals surface area contributed by atoms with Gasteiger partial charge in [0.15, 0.2) is 0 Å². The number of rotatable bonds is 4. The van der Waals surface area contributed by atoms with Crippen molar-refractivity contribution in [1.82, 2.24) is 15.0 Å². The summed E-state index contributed by atoms with van der Waals surface area (Å²) < 4.78 is 12.9. The van der Waals surface area contributed by atoms with Crippen molar-refractivity contribution in [1.29, 1.82) is 0 Å². The van der Waals surface area contributed by atoms with Gasteiger partial charge in [0.05, 0.1) is 5.75 Å². The van der Waals surface area contributed by atoms with Crippen LogP contribution in [0.25, 0.3) is 0 Å². The van der Waals surface area contributed by atoms with E-state index in [0.29, 0.717) is 17.3 Å². The summed E-state index contributed by atoms with van der Waals surface area (Å²) in [5.74, 6) is 1.74. The first kappa shape index (κ1) is 12.6. The molecule has 0 bridgehead atoms. The Bertz CT molecular complexity index is 528. The molecule has 18 heavy (non-hydrogen) atoms. The zero-order valence-corrected chi connectivity index (χ0v) is 10.3. The number of nitrogens with zero attached hydrogens (tertiary/aromatic N) is 3. The first-order valence-corrected chi connectivity index (χ1v) is 6.37. The molecule has 0 aliphatic rings. The normalized spacial score (nSPS) is 10.5. The van der Waals surface area contributed by atoms with Gasteiger partial charge >= 0.3 is 0 Å². The van der Waals surface area contributed by atoms with Crippen LogP contribution in [-0.2, 0) is 11.5 Å². The van der Waals surface area contributed by atoms with Gasteiger partial charge in [-0.1, -0.05) is 12.1 Å². The van der Waals surface area contributed by atoms with Gasteiger partial charge in [-0.2, -0.15) is 15.0 Å². The van der Waals surface area contributed by atoms with Crippen LogP contribution < -0.4 is 11.5 Å². The third-order valence-corrected chi connectivity index (χ3v) is 3.11.